The van der Waals surface area contributed by atoms with Gasteiger partial charge in [0.05, 0.1) is 11.7 Å². The Labute approximate surface area is 156 Å². The van der Waals surface area contributed by atoms with Gasteiger partial charge in [-0.1, -0.05) is 12.1 Å². The number of aryl methyl sites for hydroxylation is 4. The highest BCUT2D eigenvalue weighted by molar-refractivity contribution is 5.77. The Morgan fingerprint density at radius 3 is 2.38 bits per heavy atom. The van der Waals surface area contributed by atoms with E-state index in [1.165, 1.54) is 16.8 Å². The molecule has 140 valence electrons. The fourth-order valence-electron chi connectivity index (χ4n) is 3.82. The zero-order valence-corrected chi connectivity index (χ0v) is 16.6. The molecule has 1 aliphatic rings. The van der Waals surface area contributed by atoms with Crippen LogP contribution >= 0.6 is 0 Å². The van der Waals surface area contributed by atoms with Gasteiger partial charge in [-0.05, 0) is 57.9 Å². The summed E-state index contributed by atoms with van der Waals surface area (Å²) in [6.07, 6.45) is 0.505. The van der Waals surface area contributed by atoms with Crippen molar-refractivity contribution in [3.8, 4) is 0 Å². The van der Waals surface area contributed by atoms with E-state index in [2.05, 4.69) is 55.0 Å². The molecule has 0 radical (unpaired) electrons. The number of carbonyl (C=O) groups is 1. The summed E-state index contributed by atoms with van der Waals surface area (Å²) in [4.78, 5) is 17.1. The van der Waals surface area contributed by atoms with Crippen LogP contribution in [0.5, 0.6) is 0 Å². The van der Waals surface area contributed by atoms with Gasteiger partial charge in [0.25, 0.3) is 0 Å². The maximum absolute atomic E-state index is 12.7. The molecule has 2 heterocycles. The van der Waals surface area contributed by atoms with Gasteiger partial charge in [0.1, 0.15) is 0 Å². The Balaban J connectivity index is 1.58. The molecule has 1 fully saturated rings. The molecule has 0 saturated carbocycles. The largest absolute Gasteiger partial charge is 0.368 e. The van der Waals surface area contributed by atoms with E-state index in [4.69, 9.17) is 0 Å². The van der Waals surface area contributed by atoms with Crippen molar-refractivity contribution in [1.82, 2.24) is 14.7 Å². The number of hydrogen-bond acceptors (Lipinski definition) is 3. The number of carbonyl (C=O) groups excluding carboxylic acids is 1. The van der Waals surface area contributed by atoms with Crippen molar-refractivity contribution in [2.75, 3.05) is 31.1 Å². The minimum absolute atomic E-state index is 0.0910. The number of rotatable bonds is 4. The van der Waals surface area contributed by atoms with Gasteiger partial charge in [0.2, 0.25) is 5.91 Å². The first-order valence-corrected chi connectivity index (χ1v) is 9.48. The Morgan fingerprint density at radius 2 is 1.77 bits per heavy atom. The predicted octanol–water partition coefficient (Wildman–Crippen LogP) is 3.42. The maximum Gasteiger partial charge on any atom is 0.224 e. The van der Waals surface area contributed by atoms with Gasteiger partial charge in [-0.2, -0.15) is 5.10 Å². The second-order valence-electron chi connectivity index (χ2n) is 7.58. The second-order valence-corrected chi connectivity index (χ2v) is 7.58. The van der Waals surface area contributed by atoms with Gasteiger partial charge < -0.3 is 9.80 Å². The van der Waals surface area contributed by atoms with Crippen LogP contribution in [0.4, 0.5) is 5.69 Å². The van der Waals surface area contributed by atoms with Crippen molar-refractivity contribution >= 4 is 11.6 Å². The van der Waals surface area contributed by atoms with E-state index in [-0.39, 0.29) is 11.9 Å². The van der Waals surface area contributed by atoms with Gasteiger partial charge in [0.15, 0.2) is 0 Å². The van der Waals surface area contributed by atoms with E-state index < -0.39 is 0 Å². The van der Waals surface area contributed by atoms with Crippen LogP contribution < -0.4 is 4.90 Å². The van der Waals surface area contributed by atoms with Crippen LogP contribution in [0.2, 0.25) is 0 Å². The number of amides is 1. The molecule has 0 bridgehead atoms. The molecule has 3 rings (SSSR count). The van der Waals surface area contributed by atoms with E-state index >= 15 is 0 Å². The van der Waals surface area contributed by atoms with Gasteiger partial charge in [-0.15, -0.1) is 0 Å². The summed E-state index contributed by atoms with van der Waals surface area (Å²) in [5.41, 5.74) is 6.00. The normalized spacial score (nSPS) is 16.0. The van der Waals surface area contributed by atoms with Crippen LogP contribution in [-0.4, -0.2) is 46.8 Å². The lowest BCUT2D eigenvalue weighted by molar-refractivity contribution is -0.132. The molecule has 1 aromatic heterocycles. The number of aromatic nitrogens is 2. The third-order valence-electron chi connectivity index (χ3n) is 5.27. The zero-order chi connectivity index (χ0) is 18.8. The molecule has 0 spiro atoms. The standard InChI is InChI=1S/C21H30N4O/c1-15-6-7-16(2)20(12-15)23-8-10-24(11-9-23)21(26)14-19(5)25-18(4)13-17(3)22-25/h6-7,12-13,19H,8-11,14H2,1-5H3/t19-/m1/s1. The molecule has 5 heteroatoms. The van der Waals surface area contributed by atoms with Crippen molar-refractivity contribution in [2.45, 2.75) is 47.1 Å². The number of benzene rings is 1. The lowest BCUT2D eigenvalue weighted by Gasteiger charge is -2.37. The molecule has 1 atom stereocenters. The highest BCUT2D eigenvalue weighted by atomic mass is 16.2. The lowest BCUT2D eigenvalue weighted by atomic mass is 10.1. The maximum atomic E-state index is 12.7. The minimum Gasteiger partial charge on any atom is -0.368 e. The van der Waals surface area contributed by atoms with Crippen molar-refractivity contribution in [1.29, 1.82) is 0 Å². The topological polar surface area (TPSA) is 41.4 Å². The molecule has 0 aliphatic carbocycles. The molecule has 0 unspecified atom stereocenters. The molecule has 5 nitrogen and oxygen atoms in total. The van der Waals surface area contributed by atoms with E-state index in [9.17, 15) is 4.79 Å². The van der Waals surface area contributed by atoms with Gasteiger partial charge in [-0.25, -0.2) is 0 Å². The molecule has 2 aromatic rings. The van der Waals surface area contributed by atoms with Gasteiger partial charge >= 0.3 is 0 Å². The molecule has 26 heavy (non-hydrogen) atoms. The van der Waals surface area contributed by atoms with Crippen LogP contribution in [-0.2, 0) is 4.79 Å². The quantitative estimate of drug-likeness (QED) is 0.845. The summed E-state index contributed by atoms with van der Waals surface area (Å²) in [5, 5.41) is 4.52. The van der Waals surface area contributed by atoms with E-state index in [0.717, 1.165) is 37.6 Å². The fraction of sp³-hybridized carbons (Fsp3) is 0.524. The second kappa shape index (κ2) is 7.52. The van der Waals surface area contributed by atoms with Crippen LogP contribution in [0.1, 0.15) is 41.9 Å². The van der Waals surface area contributed by atoms with E-state index in [0.29, 0.717) is 6.42 Å². The summed E-state index contributed by atoms with van der Waals surface area (Å²) in [6.45, 7) is 13.8. The summed E-state index contributed by atoms with van der Waals surface area (Å²) in [7, 11) is 0. The monoisotopic (exact) mass is 354 g/mol. The van der Waals surface area contributed by atoms with Gasteiger partial charge in [0, 0.05) is 44.0 Å². The smallest absolute Gasteiger partial charge is 0.224 e. The summed E-state index contributed by atoms with van der Waals surface area (Å²) < 4.78 is 1.97. The summed E-state index contributed by atoms with van der Waals surface area (Å²) in [6, 6.07) is 8.73. The molecule has 1 saturated heterocycles. The van der Waals surface area contributed by atoms with E-state index in [1.54, 1.807) is 0 Å². The Morgan fingerprint density at radius 1 is 1.08 bits per heavy atom. The Kier molecular flexibility index (Phi) is 5.35. The zero-order valence-electron chi connectivity index (χ0n) is 16.6. The lowest BCUT2D eigenvalue weighted by Crippen LogP contribution is -2.49. The minimum atomic E-state index is 0.0910. The van der Waals surface area contributed by atoms with Crippen molar-refractivity contribution < 1.29 is 4.79 Å². The molecule has 1 amide bonds. The summed E-state index contributed by atoms with van der Waals surface area (Å²) in [5.74, 6) is 0.227. The molecule has 1 aliphatic heterocycles. The third kappa shape index (κ3) is 3.92. The Hall–Kier alpha value is -2.30. The molecular weight excluding hydrogens is 324 g/mol. The van der Waals surface area contributed by atoms with E-state index in [1.807, 2.05) is 23.4 Å². The van der Waals surface area contributed by atoms with Crippen molar-refractivity contribution in [2.24, 2.45) is 0 Å². The van der Waals surface area contributed by atoms with Crippen LogP contribution in [0, 0.1) is 27.7 Å². The van der Waals surface area contributed by atoms with Crippen molar-refractivity contribution in [3.05, 3.63) is 46.8 Å². The molecule has 1 aromatic carbocycles. The number of hydrogen-bond donors (Lipinski definition) is 0. The number of anilines is 1. The van der Waals surface area contributed by atoms with Crippen LogP contribution in [0.25, 0.3) is 0 Å². The first-order chi connectivity index (χ1) is 12.3. The average molecular weight is 354 g/mol. The highest BCUT2D eigenvalue weighted by Crippen LogP contribution is 2.23. The molecular formula is C21H30N4O. The third-order valence-corrected chi connectivity index (χ3v) is 5.27. The first-order valence-electron chi connectivity index (χ1n) is 9.48. The first kappa shape index (κ1) is 18.5. The van der Waals surface area contributed by atoms with Crippen molar-refractivity contribution in [3.63, 3.8) is 0 Å². The highest BCUT2D eigenvalue weighted by Gasteiger charge is 2.24. The Bertz CT molecular complexity index is 787. The fourth-order valence-corrected chi connectivity index (χ4v) is 3.82. The van der Waals surface area contributed by atoms with Gasteiger partial charge in [-0.3, -0.25) is 9.48 Å². The average Bonchev–Trinajstić information content (AvgIpc) is 2.95. The van der Waals surface area contributed by atoms with Crippen LogP contribution in [0.3, 0.4) is 0 Å². The van der Waals surface area contributed by atoms with Crippen LogP contribution in [0.15, 0.2) is 24.3 Å². The molecule has 0 N–H and O–H groups in total. The number of piperazine rings is 1. The predicted molar refractivity (Wildman–Crippen MR) is 106 cm³/mol. The SMILES string of the molecule is Cc1ccc(C)c(N2CCN(C(=O)C[C@@H](C)n3nc(C)cc3C)CC2)c1. The summed E-state index contributed by atoms with van der Waals surface area (Å²) >= 11 is 0. The number of nitrogens with zero attached hydrogens (tertiary/aromatic N) is 4.